The third-order valence-electron chi connectivity index (χ3n) is 4.32. The highest BCUT2D eigenvalue weighted by Crippen LogP contribution is 2.35. The van der Waals surface area contributed by atoms with Crippen LogP contribution in [0.25, 0.3) is 0 Å². The van der Waals surface area contributed by atoms with Crippen molar-refractivity contribution in [3.05, 3.63) is 42.0 Å². The second kappa shape index (κ2) is 8.41. The Morgan fingerprint density at radius 1 is 1.25 bits per heavy atom. The smallest absolute Gasteiger partial charge is 0.406 e. The van der Waals surface area contributed by atoms with Gasteiger partial charge in [0.1, 0.15) is 5.82 Å². The van der Waals surface area contributed by atoms with Gasteiger partial charge in [0.15, 0.2) is 11.4 Å². The molecule has 1 saturated carbocycles. The number of aromatic nitrogens is 2. The van der Waals surface area contributed by atoms with E-state index in [-0.39, 0.29) is 5.69 Å². The topological polar surface area (TPSA) is 76.1 Å². The van der Waals surface area contributed by atoms with Gasteiger partial charge in [0.2, 0.25) is 5.95 Å². The third-order valence-corrected chi connectivity index (χ3v) is 4.32. The fourth-order valence-corrected chi connectivity index (χ4v) is 2.98. The average Bonchev–Trinajstić information content (AvgIpc) is 3.14. The fourth-order valence-electron chi connectivity index (χ4n) is 2.98. The number of rotatable bonds is 5. The van der Waals surface area contributed by atoms with Crippen molar-refractivity contribution in [2.75, 3.05) is 11.9 Å². The zero-order valence-corrected chi connectivity index (χ0v) is 14.7. The van der Waals surface area contributed by atoms with Gasteiger partial charge < -0.3 is 15.4 Å². The summed E-state index contributed by atoms with van der Waals surface area (Å²) in [5.41, 5.74) is -1.23. The van der Waals surface area contributed by atoms with Crippen LogP contribution < -0.4 is 15.4 Å². The number of amides is 1. The van der Waals surface area contributed by atoms with E-state index in [2.05, 4.69) is 20.6 Å². The number of hydrogen-bond acceptors (Lipinski definition) is 5. The first-order valence-electron chi connectivity index (χ1n) is 8.74. The lowest BCUT2D eigenvalue weighted by atomic mass is 10.1. The van der Waals surface area contributed by atoms with E-state index in [1.165, 1.54) is 18.2 Å². The van der Waals surface area contributed by atoms with Gasteiger partial charge in [-0.25, -0.2) is 19.2 Å². The van der Waals surface area contributed by atoms with E-state index >= 15 is 0 Å². The summed E-state index contributed by atoms with van der Waals surface area (Å²) in [6.45, 7) is 0.347. The minimum atomic E-state index is -4.87. The molecule has 1 heterocycles. The summed E-state index contributed by atoms with van der Waals surface area (Å²) in [6.07, 6.45) is -1.02. The van der Waals surface area contributed by atoms with Crippen molar-refractivity contribution in [2.45, 2.75) is 31.9 Å². The Bertz CT molecular complexity index is 839. The zero-order valence-electron chi connectivity index (χ0n) is 14.7. The Kier molecular flexibility index (Phi) is 5.96. The largest absolute Gasteiger partial charge is 0.437 e. The minimum absolute atomic E-state index is 0.177. The number of hydrogen-bond donors (Lipinski definition) is 2. The second-order valence-corrected chi connectivity index (χ2v) is 6.46. The van der Waals surface area contributed by atoms with Crippen LogP contribution in [0.15, 0.2) is 30.5 Å². The summed E-state index contributed by atoms with van der Waals surface area (Å²) in [6, 6.07) is 5.10. The highest BCUT2D eigenvalue weighted by molar-refractivity contribution is 5.70. The lowest BCUT2D eigenvalue weighted by molar-refractivity contribution is -0.142. The van der Waals surface area contributed by atoms with E-state index in [0.717, 1.165) is 37.9 Å². The first-order valence-corrected chi connectivity index (χ1v) is 8.74. The van der Waals surface area contributed by atoms with Crippen molar-refractivity contribution in [2.24, 2.45) is 5.92 Å². The molecule has 1 fully saturated rings. The van der Waals surface area contributed by atoms with Crippen LogP contribution in [-0.4, -0.2) is 22.6 Å². The van der Waals surface area contributed by atoms with E-state index < -0.39 is 35.5 Å². The monoisotopic (exact) mass is 398 g/mol. The number of nitrogens with one attached hydrogen (secondary N) is 2. The van der Waals surface area contributed by atoms with Crippen molar-refractivity contribution in [1.82, 2.24) is 15.3 Å². The molecule has 6 nitrogen and oxygen atoms in total. The van der Waals surface area contributed by atoms with Crippen molar-refractivity contribution in [1.29, 1.82) is 0 Å². The molecule has 1 aliphatic rings. The van der Waals surface area contributed by atoms with Crippen LogP contribution in [0.1, 0.15) is 31.4 Å². The Hall–Kier alpha value is -2.91. The molecule has 0 saturated heterocycles. The maximum absolute atomic E-state index is 13.3. The number of benzene rings is 1. The van der Waals surface area contributed by atoms with Crippen molar-refractivity contribution in [3.8, 4) is 5.75 Å². The van der Waals surface area contributed by atoms with Crippen molar-refractivity contribution >= 4 is 17.7 Å². The first kappa shape index (κ1) is 19.8. The molecule has 1 amide bonds. The molecule has 0 aliphatic heterocycles. The SMILES string of the molecule is O=C(NCC1CCCC1)Oc1cnc(Nc2cccc(F)c2)nc1C(F)(F)F. The van der Waals surface area contributed by atoms with Crippen LogP contribution in [0, 0.1) is 11.7 Å². The summed E-state index contributed by atoms with van der Waals surface area (Å²) >= 11 is 0. The molecule has 0 spiro atoms. The minimum Gasteiger partial charge on any atom is -0.406 e. The van der Waals surface area contributed by atoms with Crippen molar-refractivity contribution < 1.29 is 27.1 Å². The molecule has 0 atom stereocenters. The molecule has 28 heavy (non-hydrogen) atoms. The summed E-state index contributed by atoms with van der Waals surface area (Å²) in [5.74, 6) is -1.47. The molecule has 0 radical (unpaired) electrons. The molecule has 150 valence electrons. The Morgan fingerprint density at radius 2 is 2.00 bits per heavy atom. The molecular weight excluding hydrogens is 380 g/mol. The van der Waals surface area contributed by atoms with E-state index in [4.69, 9.17) is 4.74 Å². The summed E-state index contributed by atoms with van der Waals surface area (Å²) in [7, 11) is 0. The maximum atomic E-state index is 13.3. The van der Waals surface area contributed by atoms with Gasteiger partial charge in [0.25, 0.3) is 0 Å². The fraction of sp³-hybridized carbons (Fsp3) is 0.389. The zero-order chi connectivity index (χ0) is 20.1. The van der Waals surface area contributed by atoms with Crippen LogP contribution in [0.3, 0.4) is 0 Å². The molecule has 2 N–H and O–H groups in total. The van der Waals surface area contributed by atoms with E-state index in [1.807, 2.05) is 0 Å². The number of alkyl halides is 3. The standard InChI is InChI=1S/C18H18F4N4O2/c19-12-6-3-7-13(8-12)25-16-23-10-14(15(26-16)18(20,21)22)28-17(27)24-9-11-4-1-2-5-11/h3,6-8,10-11H,1-2,4-5,9H2,(H,24,27)(H,23,25,26). The summed E-state index contributed by atoms with van der Waals surface area (Å²) < 4.78 is 57.9. The molecule has 0 bridgehead atoms. The van der Waals surface area contributed by atoms with E-state index in [1.54, 1.807) is 0 Å². The molecule has 1 aromatic heterocycles. The highest BCUT2D eigenvalue weighted by Gasteiger charge is 2.38. The molecule has 10 heteroatoms. The number of nitrogens with zero attached hydrogens (tertiary/aromatic N) is 2. The van der Waals surface area contributed by atoms with Gasteiger partial charge in [-0.3, -0.25) is 0 Å². The normalized spacial score (nSPS) is 14.7. The predicted molar refractivity (Wildman–Crippen MR) is 92.7 cm³/mol. The number of halogens is 4. The molecule has 3 rings (SSSR count). The van der Waals surface area contributed by atoms with E-state index in [0.29, 0.717) is 12.5 Å². The number of carbonyl (C=O) groups excluding carboxylic acids is 1. The molecule has 2 aromatic rings. The number of anilines is 2. The number of carbonyl (C=O) groups is 1. The lowest BCUT2D eigenvalue weighted by Gasteiger charge is -2.15. The van der Waals surface area contributed by atoms with Crippen LogP contribution in [0.5, 0.6) is 5.75 Å². The maximum Gasteiger partial charge on any atom is 0.437 e. The van der Waals surface area contributed by atoms with Crippen LogP contribution in [0.2, 0.25) is 0 Å². The Balaban J connectivity index is 1.72. The lowest BCUT2D eigenvalue weighted by Crippen LogP contribution is -2.31. The second-order valence-electron chi connectivity index (χ2n) is 6.46. The predicted octanol–water partition coefficient (Wildman–Crippen LogP) is 4.66. The average molecular weight is 398 g/mol. The van der Waals surface area contributed by atoms with E-state index in [9.17, 15) is 22.4 Å². The van der Waals surface area contributed by atoms with Gasteiger partial charge >= 0.3 is 12.3 Å². The number of ether oxygens (including phenoxy) is 1. The summed E-state index contributed by atoms with van der Waals surface area (Å²) in [5, 5.41) is 4.95. The van der Waals surface area contributed by atoms with Crippen LogP contribution in [-0.2, 0) is 6.18 Å². The van der Waals surface area contributed by atoms with Crippen LogP contribution >= 0.6 is 0 Å². The van der Waals surface area contributed by atoms with Gasteiger partial charge in [-0.05, 0) is 37.0 Å². The van der Waals surface area contributed by atoms with Gasteiger partial charge in [0.05, 0.1) is 6.20 Å². The molecule has 1 aromatic carbocycles. The summed E-state index contributed by atoms with van der Waals surface area (Å²) in [4.78, 5) is 19.0. The molecule has 0 unspecified atom stereocenters. The Morgan fingerprint density at radius 3 is 2.68 bits per heavy atom. The van der Waals surface area contributed by atoms with Gasteiger partial charge in [0, 0.05) is 12.2 Å². The van der Waals surface area contributed by atoms with Gasteiger partial charge in [-0.2, -0.15) is 13.2 Å². The van der Waals surface area contributed by atoms with Crippen LogP contribution in [0.4, 0.5) is 34.0 Å². The quantitative estimate of drug-likeness (QED) is 0.717. The highest BCUT2D eigenvalue weighted by atomic mass is 19.4. The Labute approximate surface area is 158 Å². The molecule has 1 aliphatic carbocycles. The van der Waals surface area contributed by atoms with Gasteiger partial charge in [-0.1, -0.05) is 18.9 Å². The first-order chi connectivity index (χ1) is 13.3. The third kappa shape index (κ3) is 5.30. The van der Waals surface area contributed by atoms with Crippen molar-refractivity contribution in [3.63, 3.8) is 0 Å². The molecular formula is C18H18F4N4O2. The van der Waals surface area contributed by atoms with Gasteiger partial charge in [-0.15, -0.1) is 0 Å².